The molecule has 0 radical (unpaired) electrons. The van der Waals surface area contributed by atoms with E-state index in [1.165, 1.54) is 6.07 Å². The number of nitrogens with one attached hydrogen (secondary N) is 4. The number of benzene rings is 2. The van der Waals surface area contributed by atoms with E-state index >= 15 is 0 Å². The van der Waals surface area contributed by atoms with E-state index in [9.17, 15) is 80.1 Å². The predicted octanol–water partition coefficient (Wildman–Crippen LogP) is -3.78. The van der Waals surface area contributed by atoms with Gasteiger partial charge in [-0.05, 0) is 67.5 Å². The van der Waals surface area contributed by atoms with Crippen molar-refractivity contribution in [2.75, 3.05) is 52.7 Å². The van der Waals surface area contributed by atoms with Crippen LogP contribution >= 0.6 is 0 Å². The summed E-state index contributed by atoms with van der Waals surface area (Å²) in [6.07, 6.45) is -19.5. The van der Waals surface area contributed by atoms with E-state index in [2.05, 4.69) is 21.3 Å². The van der Waals surface area contributed by atoms with Crippen LogP contribution in [0, 0.1) is 0 Å². The standard InChI is InChI=1S/C50H74N4O23/c1-27(58)54-38-45(67)50(70,77-49-43(66)44(40(63)33(24-56)74-49)76-48-42(65)41(64)39(62)32(23-55)73-48)34(25-57)75-47(38)71-21-9-20-52-36(60)13-4-2-6-18-51-35(59)12-5-3-7-19-53-37(61)26-72-31-16-14-28(15-17-31)29-10-8-11-30(22-29)46(68)69/h8,10-11,14-17,22,32-34,38-45,47-49,55-57,62-67,70H,2-7,9,12-13,18-21,23-26H2,1H3,(H,51,59)(H,52,60)(H,53,61)(H,54,58)(H,68,69)/t32?,33?,34?,38?,39-,40-,41?,42?,43?,44?,45?,47+,48+,49-,50+/m0/s1. The third-order valence-corrected chi connectivity index (χ3v) is 13.0. The lowest BCUT2D eigenvalue weighted by molar-refractivity contribution is -0.436. The van der Waals surface area contributed by atoms with Gasteiger partial charge in [-0.2, -0.15) is 0 Å². The molecule has 0 bridgehead atoms. The number of carboxylic acids is 1. The van der Waals surface area contributed by atoms with Crippen LogP contribution in [0.15, 0.2) is 48.5 Å². The summed E-state index contributed by atoms with van der Waals surface area (Å²) in [5.74, 6) is -4.89. The zero-order valence-electron chi connectivity index (χ0n) is 42.5. The highest BCUT2D eigenvalue weighted by molar-refractivity contribution is 5.89. The number of hydrogen-bond acceptors (Lipinski definition) is 22. The molecule has 27 nitrogen and oxygen atoms in total. The van der Waals surface area contributed by atoms with E-state index in [4.69, 9.17) is 33.2 Å². The van der Waals surface area contributed by atoms with Crippen molar-refractivity contribution in [3.05, 3.63) is 54.1 Å². The van der Waals surface area contributed by atoms with Gasteiger partial charge < -0.3 is 111 Å². The van der Waals surface area contributed by atoms with E-state index in [0.29, 0.717) is 57.4 Å². The van der Waals surface area contributed by atoms with Gasteiger partial charge in [-0.3, -0.25) is 19.2 Å². The van der Waals surface area contributed by atoms with Crippen molar-refractivity contribution in [1.29, 1.82) is 0 Å². The van der Waals surface area contributed by atoms with Crippen molar-refractivity contribution in [1.82, 2.24) is 21.3 Å². The lowest BCUT2D eigenvalue weighted by Crippen LogP contribution is -2.74. The number of aromatic carboxylic acids is 1. The van der Waals surface area contributed by atoms with Crippen LogP contribution in [-0.4, -0.2) is 230 Å². The summed E-state index contributed by atoms with van der Waals surface area (Å²) in [5, 5.41) is 126. The quantitative estimate of drug-likeness (QED) is 0.0264. The van der Waals surface area contributed by atoms with Gasteiger partial charge in [0.05, 0.1) is 32.0 Å². The minimum atomic E-state index is -3.02. The largest absolute Gasteiger partial charge is 0.484 e. The zero-order chi connectivity index (χ0) is 56.2. The topological polar surface area (TPSA) is 421 Å². The molecular formula is C50H74N4O23. The van der Waals surface area contributed by atoms with Crippen LogP contribution < -0.4 is 26.0 Å². The van der Waals surface area contributed by atoms with Crippen molar-refractivity contribution < 1.29 is 113 Å². The molecule has 9 unspecified atom stereocenters. The second-order valence-electron chi connectivity index (χ2n) is 18.8. The summed E-state index contributed by atoms with van der Waals surface area (Å²) >= 11 is 0. The van der Waals surface area contributed by atoms with Gasteiger partial charge >= 0.3 is 5.97 Å². The number of aliphatic hydroxyl groups is 10. The Balaban J connectivity index is 0.931. The Morgan fingerprint density at radius 3 is 1.82 bits per heavy atom. The molecule has 0 aromatic heterocycles. The molecule has 77 heavy (non-hydrogen) atoms. The molecule has 2 aromatic carbocycles. The molecular weight excluding hydrogens is 1020 g/mol. The van der Waals surface area contributed by atoms with E-state index in [1.807, 2.05) is 0 Å². The molecule has 3 heterocycles. The summed E-state index contributed by atoms with van der Waals surface area (Å²) < 4.78 is 39.0. The lowest BCUT2D eigenvalue weighted by Gasteiger charge is -2.52. The van der Waals surface area contributed by atoms with Crippen LogP contribution in [0.3, 0.4) is 0 Å². The number of rotatable bonds is 30. The Bertz CT molecular complexity index is 2180. The van der Waals surface area contributed by atoms with Crippen LogP contribution in [0.5, 0.6) is 5.75 Å². The molecule has 3 fully saturated rings. The van der Waals surface area contributed by atoms with E-state index < -0.39 is 123 Å². The van der Waals surface area contributed by atoms with Crippen LogP contribution in [-0.2, 0) is 47.6 Å². The van der Waals surface area contributed by atoms with E-state index in [1.54, 1.807) is 42.5 Å². The van der Waals surface area contributed by atoms with Crippen LogP contribution in [0.4, 0.5) is 0 Å². The highest BCUT2D eigenvalue weighted by Gasteiger charge is 2.60. The second kappa shape index (κ2) is 30.9. The molecule has 432 valence electrons. The molecule has 0 aliphatic carbocycles. The van der Waals surface area contributed by atoms with Gasteiger partial charge in [0.1, 0.15) is 72.8 Å². The number of carbonyl (C=O) groups is 5. The fourth-order valence-corrected chi connectivity index (χ4v) is 8.70. The maximum absolute atomic E-state index is 12.5. The first-order chi connectivity index (χ1) is 36.8. The number of carboxylic acid groups (broad SMARTS) is 1. The van der Waals surface area contributed by atoms with Gasteiger partial charge in [-0.1, -0.05) is 37.1 Å². The number of hydrogen-bond donors (Lipinski definition) is 15. The maximum Gasteiger partial charge on any atom is 0.335 e. The summed E-state index contributed by atoms with van der Waals surface area (Å²) in [5.41, 5.74) is 1.73. The van der Waals surface area contributed by atoms with Gasteiger partial charge in [0, 0.05) is 39.4 Å². The van der Waals surface area contributed by atoms with Crippen molar-refractivity contribution in [2.24, 2.45) is 0 Å². The Hall–Kier alpha value is -5.05. The second-order valence-corrected chi connectivity index (χ2v) is 18.8. The summed E-state index contributed by atoms with van der Waals surface area (Å²) in [4.78, 5) is 60.6. The molecule has 15 atom stereocenters. The minimum absolute atomic E-state index is 0.0957. The fraction of sp³-hybridized carbons (Fsp3) is 0.660. The molecule has 3 saturated heterocycles. The van der Waals surface area contributed by atoms with E-state index in [-0.39, 0.29) is 55.9 Å². The Labute approximate surface area is 443 Å². The Kier molecular flexibility index (Phi) is 25.2. The minimum Gasteiger partial charge on any atom is -0.484 e. The van der Waals surface area contributed by atoms with Gasteiger partial charge in [0.15, 0.2) is 25.5 Å². The number of aliphatic hydroxyl groups excluding tert-OH is 9. The highest BCUT2D eigenvalue weighted by atomic mass is 16.8. The maximum atomic E-state index is 12.5. The Morgan fingerprint density at radius 2 is 1.22 bits per heavy atom. The third kappa shape index (κ3) is 18.0. The van der Waals surface area contributed by atoms with Gasteiger partial charge in [-0.15, -0.1) is 0 Å². The molecule has 0 spiro atoms. The molecule has 2 aromatic rings. The average Bonchev–Trinajstić information content (AvgIpc) is 3.42. The molecule has 4 amide bonds. The smallest absolute Gasteiger partial charge is 0.335 e. The van der Waals surface area contributed by atoms with Crippen molar-refractivity contribution in [3.63, 3.8) is 0 Å². The summed E-state index contributed by atoms with van der Waals surface area (Å²) in [6.45, 7) is -1.01. The van der Waals surface area contributed by atoms with Gasteiger partial charge in [-0.25, -0.2) is 4.79 Å². The fourth-order valence-electron chi connectivity index (χ4n) is 8.70. The monoisotopic (exact) mass is 1100 g/mol. The number of ether oxygens (including phenoxy) is 7. The van der Waals surface area contributed by atoms with E-state index in [0.717, 1.165) is 24.5 Å². The van der Waals surface area contributed by atoms with Crippen molar-refractivity contribution in [2.45, 2.75) is 156 Å². The number of amides is 4. The van der Waals surface area contributed by atoms with Gasteiger partial charge in [0.2, 0.25) is 23.5 Å². The van der Waals surface area contributed by atoms with Crippen LogP contribution in [0.1, 0.15) is 75.1 Å². The van der Waals surface area contributed by atoms with Crippen LogP contribution in [0.25, 0.3) is 11.1 Å². The first-order valence-corrected chi connectivity index (χ1v) is 25.5. The van der Waals surface area contributed by atoms with Gasteiger partial charge in [0.25, 0.3) is 5.91 Å². The Morgan fingerprint density at radius 1 is 0.623 bits per heavy atom. The SMILES string of the molecule is CC(=O)NC1C(O)[C@](O)(O[C@@H]2OC(CO)[C@H](O)C(O[C@H]3OC(CO)[C@H](O)C(O)C3O)C2O)C(CO)O[C@H]1OCCCNC(=O)CCCCCNC(=O)CCCCCNC(=O)COc1ccc(-c2cccc(C(=O)O)c2)cc1. The third-order valence-electron chi connectivity index (χ3n) is 13.0. The average molecular weight is 1100 g/mol. The first kappa shape index (κ1) is 62.8. The van der Waals surface area contributed by atoms with Crippen molar-refractivity contribution >= 4 is 29.6 Å². The molecule has 3 aliphatic rings. The number of carbonyl (C=O) groups excluding carboxylic acids is 4. The lowest BCUT2D eigenvalue weighted by atomic mass is 9.92. The van der Waals surface area contributed by atoms with Crippen molar-refractivity contribution in [3.8, 4) is 16.9 Å². The summed E-state index contributed by atoms with van der Waals surface area (Å²) in [6, 6.07) is 11.9. The normalized spacial score (nSPS) is 30.2. The first-order valence-electron chi connectivity index (χ1n) is 25.5. The molecule has 5 rings (SSSR count). The number of unbranched alkanes of at least 4 members (excludes halogenated alkanes) is 4. The highest BCUT2D eigenvalue weighted by Crippen LogP contribution is 2.37. The molecule has 0 saturated carbocycles. The zero-order valence-corrected chi connectivity index (χ0v) is 42.5. The summed E-state index contributed by atoms with van der Waals surface area (Å²) in [7, 11) is 0. The van der Waals surface area contributed by atoms with Crippen LogP contribution in [0.2, 0.25) is 0 Å². The molecule has 15 N–H and O–H groups in total. The molecule has 3 aliphatic heterocycles. The predicted molar refractivity (Wildman–Crippen MR) is 263 cm³/mol. The molecule has 27 heteroatoms.